The summed E-state index contributed by atoms with van der Waals surface area (Å²) in [5.74, 6) is 0.729. The number of amides is 1. The number of carbonyl (C=O) groups excluding carboxylic acids is 1. The maximum absolute atomic E-state index is 11.8. The van der Waals surface area contributed by atoms with Gasteiger partial charge in [-0.15, -0.1) is 0 Å². The van der Waals surface area contributed by atoms with Gasteiger partial charge in [0.25, 0.3) is 0 Å². The van der Waals surface area contributed by atoms with Crippen molar-refractivity contribution in [1.29, 1.82) is 0 Å². The number of rotatable bonds is 4. The van der Waals surface area contributed by atoms with Crippen LogP contribution >= 0.6 is 0 Å². The molecule has 0 radical (unpaired) electrons. The van der Waals surface area contributed by atoms with Crippen LogP contribution in [0.1, 0.15) is 32.1 Å². The maximum Gasteiger partial charge on any atom is 0.222 e. The molecule has 16 heavy (non-hydrogen) atoms. The molecule has 2 rings (SSSR count). The zero-order valence-electron chi connectivity index (χ0n) is 9.98. The highest BCUT2D eigenvalue weighted by Gasteiger charge is 2.34. The number of likely N-dealkylation sites (N-methyl/N-ethyl adjacent to an activating group) is 1. The van der Waals surface area contributed by atoms with Crippen LogP contribution < -0.4 is 5.32 Å². The van der Waals surface area contributed by atoms with Crippen LogP contribution in [0.25, 0.3) is 0 Å². The second kappa shape index (κ2) is 5.15. The Morgan fingerprint density at radius 3 is 2.56 bits per heavy atom. The first kappa shape index (κ1) is 11.9. The molecular weight excluding hydrogens is 204 g/mol. The summed E-state index contributed by atoms with van der Waals surface area (Å²) < 4.78 is 0. The molecule has 2 saturated heterocycles. The molecule has 0 aromatic rings. The van der Waals surface area contributed by atoms with Gasteiger partial charge in [0.05, 0.1) is 6.61 Å². The molecule has 2 unspecified atom stereocenters. The molecule has 2 fully saturated rings. The van der Waals surface area contributed by atoms with E-state index in [1.165, 1.54) is 12.8 Å². The summed E-state index contributed by atoms with van der Waals surface area (Å²) in [6.07, 6.45) is 5.51. The summed E-state index contributed by atoms with van der Waals surface area (Å²) in [6.45, 7) is 0.510. The minimum absolute atomic E-state index is 0.0553. The molecule has 0 saturated carbocycles. The number of piperidine rings is 1. The predicted molar refractivity (Wildman–Crippen MR) is 62.0 cm³/mol. The van der Waals surface area contributed by atoms with Crippen molar-refractivity contribution in [1.82, 2.24) is 10.2 Å². The molecule has 2 bridgehead atoms. The van der Waals surface area contributed by atoms with Crippen molar-refractivity contribution in [3.63, 3.8) is 0 Å². The molecule has 0 aromatic heterocycles. The minimum atomic E-state index is 0.0553. The van der Waals surface area contributed by atoms with Crippen LogP contribution in [0.15, 0.2) is 0 Å². The van der Waals surface area contributed by atoms with Crippen LogP contribution in [0, 0.1) is 5.92 Å². The number of aliphatic hydroxyl groups excluding tert-OH is 1. The van der Waals surface area contributed by atoms with E-state index in [2.05, 4.69) is 5.32 Å². The number of nitrogens with one attached hydrogen (secondary N) is 1. The number of fused-ring (bicyclic) bond motifs is 2. The second-order valence-electron chi connectivity index (χ2n) is 5.22. The summed E-state index contributed by atoms with van der Waals surface area (Å²) in [4.78, 5) is 13.5. The Morgan fingerprint density at radius 2 is 2.00 bits per heavy atom. The fraction of sp³-hybridized carbons (Fsp3) is 0.917. The van der Waals surface area contributed by atoms with Crippen molar-refractivity contribution < 1.29 is 9.90 Å². The number of nitrogens with zero attached hydrogens (tertiary/aromatic N) is 1. The van der Waals surface area contributed by atoms with Crippen molar-refractivity contribution in [2.75, 3.05) is 20.2 Å². The smallest absolute Gasteiger partial charge is 0.222 e. The lowest BCUT2D eigenvalue weighted by Gasteiger charge is -2.29. The average Bonchev–Trinajstić information content (AvgIpc) is 2.58. The van der Waals surface area contributed by atoms with Gasteiger partial charge in [0.2, 0.25) is 5.91 Å². The molecule has 2 aliphatic heterocycles. The van der Waals surface area contributed by atoms with E-state index >= 15 is 0 Å². The van der Waals surface area contributed by atoms with Gasteiger partial charge in [0, 0.05) is 32.1 Å². The Hall–Kier alpha value is -0.610. The van der Waals surface area contributed by atoms with Crippen molar-refractivity contribution in [3.8, 4) is 0 Å². The van der Waals surface area contributed by atoms with Crippen LogP contribution in [0.2, 0.25) is 0 Å². The molecule has 0 aliphatic carbocycles. The lowest BCUT2D eigenvalue weighted by Crippen LogP contribution is -2.40. The standard InChI is InChI=1S/C12H22N2O2/c1-14(4-5-15)12(16)8-9-6-10-2-3-11(7-9)13-10/h9-11,13,15H,2-8H2,1H3. The Labute approximate surface area is 97.0 Å². The van der Waals surface area contributed by atoms with Crippen molar-refractivity contribution in [2.45, 2.75) is 44.2 Å². The highest BCUT2D eigenvalue weighted by atomic mass is 16.3. The monoisotopic (exact) mass is 226 g/mol. The van der Waals surface area contributed by atoms with Gasteiger partial charge < -0.3 is 15.3 Å². The SMILES string of the molecule is CN(CCO)C(=O)CC1CC2CCC(C1)N2. The van der Waals surface area contributed by atoms with Crippen LogP contribution in [0.3, 0.4) is 0 Å². The third-order valence-corrected chi connectivity index (χ3v) is 3.90. The van der Waals surface area contributed by atoms with Gasteiger partial charge in [-0.2, -0.15) is 0 Å². The number of hydrogen-bond acceptors (Lipinski definition) is 3. The minimum Gasteiger partial charge on any atom is -0.395 e. The molecule has 2 atom stereocenters. The van der Waals surface area contributed by atoms with Crippen LogP contribution in [-0.4, -0.2) is 48.2 Å². The molecule has 4 nitrogen and oxygen atoms in total. The number of aliphatic hydroxyl groups is 1. The quantitative estimate of drug-likeness (QED) is 0.727. The zero-order chi connectivity index (χ0) is 11.5. The summed E-state index contributed by atoms with van der Waals surface area (Å²) in [5.41, 5.74) is 0. The predicted octanol–water partition coefficient (Wildman–Crippen LogP) is 0.358. The van der Waals surface area contributed by atoms with Gasteiger partial charge in [-0.25, -0.2) is 0 Å². The van der Waals surface area contributed by atoms with E-state index in [9.17, 15) is 4.79 Å². The highest BCUT2D eigenvalue weighted by molar-refractivity contribution is 5.76. The number of hydrogen-bond donors (Lipinski definition) is 2. The Morgan fingerprint density at radius 1 is 1.38 bits per heavy atom. The third-order valence-electron chi connectivity index (χ3n) is 3.90. The van der Waals surface area contributed by atoms with Crippen molar-refractivity contribution in [3.05, 3.63) is 0 Å². The summed E-state index contributed by atoms with van der Waals surface area (Å²) in [5, 5.41) is 12.4. The van der Waals surface area contributed by atoms with Gasteiger partial charge in [-0.05, 0) is 31.6 Å². The Balaban J connectivity index is 1.79. The lowest BCUT2D eigenvalue weighted by molar-refractivity contribution is -0.131. The summed E-state index contributed by atoms with van der Waals surface area (Å²) >= 11 is 0. The van der Waals surface area contributed by atoms with Gasteiger partial charge in [-0.3, -0.25) is 4.79 Å². The lowest BCUT2D eigenvalue weighted by atomic mass is 9.89. The first-order valence-corrected chi connectivity index (χ1v) is 6.30. The van der Waals surface area contributed by atoms with E-state index in [1.54, 1.807) is 11.9 Å². The molecule has 2 N–H and O–H groups in total. The Bertz CT molecular complexity index is 245. The molecule has 92 valence electrons. The highest BCUT2D eigenvalue weighted by Crippen LogP contribution is 2.32. The summed E-state index contributed by atoms with van der Waals surface area (Å²) in [7, 11) is 1.77. The molecule has 0 spiro atoms. The number of carbonyl (C=O) groups is 1. The van der Waals surface area contributed by atoms with Crippen molar-refractivity contribution in [2.24, 2.45) is 5.92 Å². The first-order chi connectivity index (χ1) is 7.69. The summed E-state index contributed by atoms with van der Waals surface area (Å²) in [6, 6.07) is 1.30. The van der Waals surface area contributed by atoms with Gasteiger partial charge in [0.1, 0.15) is 0 Å². The molecular formula is C12H22N2O2. The van der Waals surface area contributed by atoms with E-state index in [0.29, 0.717) is 31.0 Å². The van der Waals surface area contributed by atoms with E-state index in [4.69, 9.17) is 5.11 Å². The third kappa shape index (κ3) is 2.74. The van der Waals surface area contributed by atoms with Gasteiger partial charge in [0.15, 0.2) is 0 Å². The fourth-order valence-corrected chi connectivity index (χ4v) is 3.02. The van der Waals surface area contributed by atoms with Crippen molar-refractivity contribution >= 4 is 5.91 Å². The first-order valence-electron chi connectivity index (χ1n) is 6.30. The van der Waals surface area contributed by atoms with Crippen LogP contribution in [-0.2, 0) is 4.79 Å². The molecule has 2 heterocycles. The van der Waals surface area contributed by atoms with Gasteiger partial charge in [-0.1, -0.05) is 0 Å². The van der Waals surface area contributed by atoms with Crippen LogP contribution in [0.4, 0.5) is 0 Å². The molecule has 4 heteroatoms. The van der Waals surface area contributed by atoms with E-state index in [0.717, 1.165) is 12.8 Å². The topological polar surface area (TPSA) is 52.6 Å². The van der Waals surface area contributed by atoms with E-state index in [-0.39, 0.29) is 12.5 Å². The zero-order valence-corrected chi connectivity index (χ0v) is 9.98. The molecule has 2 aliphatic rings. The normalized spacial score (nSPS) is 32.8. The Kier molecular flexibility index (Phi) is 3.82. The maximum atomic E-state index is 11.8. The fourth-order valence-electron chi connectivity index (χ4n) is 3.02. The largest absolute Gasteiger partial charge is 0.395 e. The molecule has 1 amide bonds. The van der Waals surface area contributed by atoms with E-state index < -0.39 is 0 Å². The molecule has 0 aromatic carbocycles. The second-order valence-corrected chi connectivity index (χ2v) is 5.22. The van der Waals surface area contributed by atoms with Gasteiger partial charge >= 0.3 is 0 Å². The van der Waals surface area contributed by atoms with Crippen LogP contribution in [0.5, 0.6) is 0 Å². The van der Waals surface area contributed by atoms with E-state index in [1.807, 2.05) is 0 Å². The average molecular weight is 226 g/mol.